The SMILES string of the molecule is COc1ccccc1CC(=O)Nc1ccc(-n2c(C)nc3ccccc3c2=O)cc1. The van der Waals surface area contributed by atoms with Gasteiger partial charge in [0.25, 0.3) is 5.56 Å². The van der Waals surface area contributed by atoms with Crippen molar-refractivity contribution in [3.05, 3.63) is 94.5 Å². The van der Waals surface area contributed by atoms with Crippen LogP contribution in [-0.4, -0.2) is 22.6 Å². The Bertz CT molecular complexity index is 1280. The molecule has 0 fully saturated rings. The topological polar surface area (TPSA) is 73.2 Å². The second kappa shape index (κ2) is 8.21. The number of fused-ring (bicyclic) bond motifs is 1. The molecule has 4 rings (SSSR count). The zero-order valence-corrected chi connectivity index (χ0v) is 16.8. The van der Waals surface area contributed by atoms with Crippen LogP contribution in [0.2, 0.25) is 0 Å². The van der Waals surface area contributed by atoms with Gasteiger partial charge in [0, 0.05) is 11.3 Å². The average molecular weight is 399 g/mol. The highest BCUT2D eigenvalue weighted by atomic mass is 16.5. The van der Waals surface area contributed by atoms with E-state index in [-0.39, 0.29) is 17.9 Å². The summed E-state index contributed by atoms with van der Waals surface area (Å²) >= 11 is 0. The fourth-order valence-corrected chi connectivity index (χ4v) is 3.47. The van der Waals surface area contributed by atoms with E-state index in [4.69, 9.17) is 4.74 Å². The number of rotatable bonds is 5. The first-order chi connectivity index (χ1) is 14.6. The second-order valence-electron chi connectivity index (χ2n) is 6.90. The lowest BCUT2D eigenvalue weighted by Gasteiger charge is -2.12. The predicted octanol–water partition coefficient (Wildman–Crippen LogP) is 3.88. The van der Waals surface area contributed by atoms with Crippen molar-refractivity contribution in [2.24, 2.45) is 0 Å². The van der Waals surface area contributed by atoms with Gasteiger partial charge in [-0.2, -0.15) is 0 Å². The molecule has 0 saturated heterocycles. The molecule has 4 aromatic rings. The smallest absolute Gasteiger partial charge is 0.265 e. The number of anilines is 1. The lowest BCUT2D eigenvalue weighted by Crippen LogP contribution is -2.22. The average Bonchev–Trinajstić information content (AvgIpc) is 2.75. The number of methoxy groups -OCH3 is 1. The number of aromatic nitrogens is 2. The number of nitrogens with one attached hydrogen (secondary N) is 1. The molecule has 1 heterocycles. The zero-order valence-electron chi connectivity index (χ0n) is 16.8. The number of aryl methyl sites for hydroxylation is 1. The maximum Gasteiger partial charge on any atom is 0.265 e. The molecule has 0 aliphatic carbocycles. The van der Waals surface area contributed by atoms with Gasteiger partial charge in [0.2, 0.25) is 5.91 Å². The van der Waals surface area contributed by atoms with Crippen LogP contribution in [0.5, 0.6) is 5.75 Å². The highest BCUT2D eigenvalue weighted by Crippen LogP contribution is 2.19. The Balaban J connectivity index is 1.56. The minimum absolute atomic E-state index is 0.119. The largest absolute Gasteiger partial charge is 0.496 e. The van der Waals surface area contributed by atoms with Crippen LogP contribution < -0.4 is 15.6 Å². The molecule has 0 saturated carbocycles. The Hall–Kier alpha value is -3.93. The Morgan fingerprint density at radius 3 is 2.47 bits per heavy atom. The zero-order chi connectivity index (χ0) is 21.1. The minimum atomic E-state index is -0.145. The molecule has 6 heteroatoms. The van der Waals surface area contributed by atoms with Crippen LogP contribution in [0.1, 0.15) is 11.4 Å². The first-order valence-corrected chi connectivity index (χ1v) is 9.57. The van der Waals surface area contributed by atoms with Crippen molar-refractivity contribution in [1.29, 1.82) is 0 Å². The molecule has 30 heavy (non-hydrogen) atoms. The molecule has 1 aromatic heterocycles. The molecule has 0 spiro atoms. The van der Waals surface area contributed by atoms with Crippen molar-refractivity contribution in [1.82, 2.24) is 9.55 Å². The number of hydrogen-bond donors (Lipinski definition) is 1. The molecule has 0 aliphatic heterocycles. The number of para-hydroxylation sites is 2. The van der Waals surface area contributed by atoms with Crippen molar-refractivity contribution in [2.75, 3.05) is 12.4 Å². The lowest BCUT2D eigenvalue weighted by atomic mass is 10.1. The molecular formula is C24H21N3O3. The van der Waals surface area contributed by atoms with Gasteiger partial charge >= 0.3 is 0 Å². The van der Waals surface area contributed by atoms with Crippen LogP contribution in [0.4, 0.5) is 5.69 Å². The number of hydrogen-bond acceptors (Lipinski definition) is 4. The number of ether oxygens (including phenoxy) is 1. The molecule has 0 atom stereocenters. The van der Waals surface area contributed by atoms with E-state index in [0.717, 1.165) is 5.56 Å². The standard InChI is InChI=1S/C24H21N3O3/c1-16-25-21-9-5-4-8-20(21)24(29)27(16)19-13-11-18(12-14-19)26-23(28)15-17-7-3-6-10-22(17)30-2/h3-14H,15H2,1-2H3,(H,26,28). The summed E-state index contributed by atoms with van der Waals surface area (Å²) in [6.45, 7) is 1.80. The Morgan fingerprint density at radius 1 is 1.00 bits per heavy atom. The van der Waals surface area contributed by atoms with Crippen molar-refractivity contribution < 1.29 is 9.53 Å². The number of benzene rings is 3. The molecule has 1 amide bonds. The van der Waals surface area contributed by atoms with Crippen LogP contribution in [0, 0.1) is 6.92 Å². The van der Waals surface area contributed by atoms with Crippen LogP contribution in [0.25, 0.3) is 16.6 Å². The fraction of sp³-hybridized carbons (Fsp3) is 0.125. The Kier molecular flexibility index (Phi) is 5.30. The molecule has 3 aromatic carbocycles. The van der Waals surface area contributed by atoms with Crippen molar-refractivity contribution in [2.45, 2.75) is 13.3 Å². The van der Waals surface area contributed by atoms with E-state index in [2.05, 4.69) is 10.3 Å². The van der Waals surface area contributed by atoms with Crippen LogP contribution in [0.15, 0.2) is 77.6 Å². The van der Waals surface area contributed by atoms with Gasteiger partial charge in [0.05, 0.1) is 30.1 Å². The van der Waals surface area contributed by atoms with E-state index in [1.807, 2.05) is 42.5 Å². The third-order valence-corrected chi connectivity index (χ3v) is 4.90. The van der Waals surface area contributed by atoms with E-state index in [1.165, 1.54) is 0 Å². The molecule has 0 radical (unpaired) electrons. The predicted molar refractivity (Wildman–Crippen MR) is 117 cm³/mol. The number of carbonyl (C=O) groups excluding carboxylic acids is 1. The molecule has 0 bridgehead atoms. The summed E-state index contributed by atoms with van der Waals surface area (Å²) in [6, 6.07) is 21.9. The van der Waals surface area contributed by atoms with Gasteiger partial charge < -0.3 is 10.1 Å². The number of nitrogens with zero attached hydrogens (tertiary/aromatic N) is 2. The van der Waals surface area contributed by atoms with E-state index in [9.17, 15) is 9.59 Å². The molecule has 150 valence electrons. The Labute approximate surface area is 173 Å². The van der Waals surface area contributed by atoms with Crippen molar-refractivity contribution in [3.8, 4) is 11.4 Å². The second-order valence-corrected chi connectivity index (χ2v) is 6.90. The van der Waals surface area contributed by atoms with Gasteiger partial charge in [-0.15, -0.1) is 0 Å². The van der Waals surface area contributed by atoms with Gasteiger partial charge in [-0.25, -0.2) is 4.98 Å². The third kappa shape index (κ3) is 3.80. The summed E-state index contributed by atoms with van der Waals surface area (Å²) in [5.74, 6) is 1.14. The van der Waals surface area contributed by atoms with Crippen molar-refractivity contribution in [3.63, 3.8) is 0 Å². The fourth-order valence-electron chi connectivity index (χ4n) is 3.47. The van der Waals surface area contributed by atoms with Gasteiger partial charge in [-0.3, -0.25) is 14.2 Å². The van der Waals surface area contributed by atoms with Gasteiger partial charge in [0.1, 0.15) is 11.6 Å². The first-order valence-electron chi connectivity index (χ1n) is 9.57. The first kappa shape index (κ1) is 19.4. The van der Waals surface area contributed by atoms with Gasteiger partial charge in [0.15, 0.2) is 0 Å². The molecular weight excluding hydrogens is 378 g/mol. The van der Waals surface area contributed by atoms with Gasteiger partial charge in [-0.05, 0) is 49.4 Å². The summed E-state index contributed by atoms with van der Waals surface area (Å²) in [4.78, 5) is 29.9. The quantitative estimate of drug-likeness (QED) is 0.553. The van der Waals surface area contributed by atoms with Gasteiger partial charge in [-0.1, -0.05) is 30.3 Å². The van der Waals surface area contributed by atoms with E-state index in [0.29, 0.717) is 33.9 Å². The summed E-state index contributed by atoms with van der Waals surface area (Å²) in [6.07, 6.45) is 0.207. The van der Waals surface area contributed by atoms with E-state index in [1.54, 1.807) is 48.9 Å². The van der Waals surface area contributed by atoms with E-state index >= 15 is 0 Å². The maximum absolute atomic E-state index is 12.9. The molecule has 6 nitrogen and oxygen atoms in total. The summed E-state index contributed by atoms with van der Waals surface area (Å²) < 4.78 is 6.87. The molecule has 1 N–H and O–H groups in total. The highest BCUT2D eigenvalue weighted by molar-refractivity contribution is 5.92. The summed E-state index contributed by atoms with van der Waals surface area (Å²) in [7, 11) is 1.58. The normalized spacial score (nSPS) is 10.7. The number of amides is 1. The summed E-state index contributed by atoms with van der Waals surface area (Å²) in [5.41, 5.74) is 2.72. The summed E-state index contributed by atoms with van der Waals surface area (Å²) in [5, 5.41) is 3.45. The highest BCUT2D eigenvalue weighted by Gasteiger charge is 2.11. The Morgan fingerprint density at radius 2 is 1.70 bits per heavy atom. The van der Waals surface area contributed by atoms with Crippen molar-refractivity contribution >= 4 is 22.5 Å². The maximum atomic E-state index is 12.9. The van der Waals surface area contributed by atoms with Crippen LogP contribution in [0.3, 0.4) is 0 Å². The van der Waals surface area contributed by atoms with Crippen LogP contribution >= 0.6 is 0 Å². The molecule has 0 aliphatic rings. The monoisotopic (exact) mass is 399 g/mol. The molecule has 0 unspecified atom stereocenters. The minimum Gasteiger partial charge on any atom is -0.496 e. The van der Waals surface area contributed by atoms with Crippen LogP contribution in [-0.2, 0) is 11.2 Å². The third-order valence-electron chi connectivity index (χ3n) is 4.90. The lowest BCUT2D eigenvalue weighted by molar-refractivity contribution is -0.115. The number of carbonyl (C=O) groups is 1. The van der Waals surface area contributed by atoms with E-state index < -0.39 is 0 Å².